The largest absolute Gasteiger partial charge is 0.364 e. The van der Waals surface area contributed by atoms with Gasteiger partial charge in [-0.2, -0.15) is 0 Å². The van der Waals surface area contributed by atoms with Gasteiger partial charge in [-0.1, -0.05) is 59.8 Å². The van der Waals surface area contributed by atoms with Crippen LogP contribution < -0.4 is 0 Å². The first-order valence-electron chi connectivity index (χ1n) is 8.39. The summed E-state index contributed by atoms with van der Waals surface area (Å²) < 4.78 is 4.84. The van der Waals surface area contributed by atoms with Crippen LogP contribution in [0.3, 0.4) is 0 Å². The average Bonchev–Trinajstić information content (AvgIpc) is 3.14. The molecule has 0 aliphatic rings. The standard InChI is InChI=1S/C21H22N2O2/c1-16-8-6-7-11-19(16)20(17-9-4-3-5-10-17)14-21(24)23(2)15-18-12-13-25-22-18/h3-13,20H,14-15H2,1-2H3. The van der Waals surface area contributed by atoms with Crippen LogP contribution in [-0.2, 0) is 11.3 Å². The first-order chi connectivity index (χ1) is 12.1. The summed E-state index contributed by atoms with van der Waals surface area (Å²) in [5, 5.41) is 3.88. The van der Waals surface area contributed by atoms with Crippen LogP contribution in [0.15, 0.2) is 71.4 Å². The van der Waals surface area contributed by atoms with Crippen LogP contribution in [0.1, 0.15) is 34.7 Å². The van der Waals surface area contributed by atoms with Crippen molar-refractivity contribution in [3.05, 3.63) is 89.3 Å². The van der Waals surface area contributed by atoms with E-state index in [9.17, 15) is 4.79 Å². The Kier molecular flexibility index (Phi) is 5.29. The maximum absolute atomic E-state index is 12.8. The minimum Gasteiger partial charge on any atom is -0.364 e. The highest BCUT2D eigenvalue weighted by molar-refractivity contribution is 5.77. The number of hydrogen-bond donors (Lipinski definition) is 0. The molecule has 0 saturated carbocycles. The second-order valence-corrected chi connectivity index (χ2v) is 6.26. The molecule has 3 aromatic rings. The van der Waals surface area contributed by atoms with Gasteiger partial charge in [0.2, 0.25) is 5.91 Å². The molecule has 0 aliphatic carbocycles. The normalized spacial score (nSPS) is 11.9. The highest BCUT2D eigenvalue weighted by Crippen LogP contribution is 2.30. The van der Waals surface area contributed by atoms with Crippen molar-refractivity contribution in [1.29, 1.82) is 0 Å². The molecule has 0 saturated heterocycles. The maximum atomic E-state index is 12.8. The van der Waals surface area contributed by atoms with Gasteiger partial charge in [0.05, 0.1) is 6.54 Å². The van der Waals surface area contributed by atoms with E-state index in [-0.39, 0.29) is 11.8 Å². The van der Waals surface area contributed by atoms with E-state index < -0.39 is 0 Å². The third-order valence-corrected chi connectivity index (χ3v) is 4.46. The van der Waals surface area contributed by atoms with E-state index in [1.54, 1.807) is 18.0 Å². The van der Waals surface area contributed by atoms with Crippen molar-refractivity contribution in [2.45, 2.75) is 25.8 Å². The fraction of sp³-hybridized carbons (Fsp3) is 0.238. The van der Waals surface area contributed by atoms with E-state index in [0.29, 0.717) is 13.0 Å². The molecule has 1 unspecified atom stereocenters. The topological polar surface area (TPSA) is 46.3 Å². The second kappa shape index (κ2) is 7.79. The number of carbonyl (C=O) groups is 1. The van der Waals surface area contributed by atoms with Crippen LogP contribution in [0.2, 0.25) is 0 Å². The van der Waals surface area contributed by atoms with Crippen LogP contribution >= 0.6 is 0 Å². The summed E-state index contributed by atoms with van der Waals surface area (Å²) in [6.07, 6.45) is 1.94. The van der Waals surface area contributed by atoms with Crippen molar-refractivity contribution in [2.24, 2.45) is 0 Å². The van der Waals surface area contributed by atoms with Crippen LogP contribution in [0.25, 0.3) is 0 Å². The van der Waals surface area contributed by atoms with Gasteiger partial charge in [-0.25, -0.2) is 0 Å². The van der Waals surface area contributed by atoms with Crippen molar-refractivity contribution < 1.29 is 9.32 Å². The molecule has 1 heterocycles. The number of aromatic nitrogens is 1. The zero-order valence-electron chi connectivity index (χ0n) is 14.6. The van der Waals surface area contributed by atoms with Crippen LogP contribution in [0.5, 0.6) is 0 Å². The number of carbonyl (C=O) groups excluding carboxylic acids is 1. The Balaban J connectivity index is 1.83. The lowest BCUT2D eigenvalue weighted by atomic mass is 9.85. The van der Waals surface area contributed by atoms with Gasteiger partial charge in [-0.3, -0.25) is 4.79 Å². The van der Waals surface area contributed by atoms with Gasteiger partial charge in [0.25, 0.3) is 0 Å². The van der Waals surface area contributed by atoms with Gasteiger partial charge in [-0.05, 0) is 23.6 Å². The lowest BCUT2D eigenvalue weighted by Crippen LogP contribution is -2.28. The predicted octanol–water partition coefficient (Wildman–Crippen LogP) is 4.16. The molecule has 0 radical (unpaired) electrons. The van der Waals surface area contributed by atoms with Gasteiger partial charge < -0.3 is 9.42 Å². The molecule has 0 bridgehead atoms. The lowest BCUT2D eigenvalue weighted by molar-refractivity contribution is -0.130. The molecule has 1 aromatic heterocycles. The van der Waals surface area contributed by atoms with Gasteiger partial charge in [0.15, 0.2) is 0 Å². The maximum Gasteiger partial charge on any atom is 0.223 e. The monoisotopic (exact) mass is 334 g/mol. The van der Waals surface area contributed by atoms with E-state index >= 15 is 0 Å². The molecular formula is C21H22N2O2. The molecule has 4 heteroatoms. The minimum absolute atomic E-state index is 0.0367. The van der Waals surface area contributed by atoms with Crippen LogP contribution in [0.4, 0.5) is 0 Å². The van der Waals surface area contributed by atoms with Crippen molar-refractivity contribution in [1.82, 2.24) is 10.1 Å². The number of nitrogens with zero attached hydrogens (tertiary/aromatic N) is 2. The summed E-state index contributed by atoms with van der Waals surface area (Å²) in [7, 11) is 1.80. The highest BCUT2D eigenvalue weighted by Gasteiger charge is 2.22. The zero-order chi connectivity index (χ0) is 17.6. The van der Waals surface area contributed by atoms with Crippen molar-refractivity contribution in [2.75, 3.05) is 7.05 Å². The van der Waals surface area contributed by atoms with Crippen molar-refractivity contribution >= 4 is 5.91 Å². The molecule has 1 amide bonds. The molecule has 0 spiro atoms. The van der Waals surface area contributed by atoms with Crippen molar-refractivity contribution in [3.8, 4) is 0 Å². The Morgan fingerprint density at radius 3 is 2.48 bits per heavy atom. The van der Waals surface area contributed by atoms with E-state index in [4.69, 9.17) is 4.52 Å². The molecule has 0 aliphatic heterocycles. The Hall–Kier alpha value is -2.88. The summed E-state index contributed by atoms with van der Waals surface area (Å²) in [5.74, 6) is 0.120. The minimum atomic E-state index is 0.0367. The summed E-state index contributed by atoms with van der Waals surface area (Å²) in [6, 6.07) is 20.2. The average molecular weight is 334 g/mol. The predicted molar refractivity (Wildman–Crippen MR) is 97.1 cm³/mol. The summed E-state index contributed by atoms with van der Waals surface area (Å²) in [4.78, 5) is 14.5. The molecule has 4 nitrogen and oxygen atoms in total. The van der Waals surface area contributed by atoms with E-state index in [1.165, 1.54) is 17.4 Å². The smallest absolute Gasteiger partial charge is 0.223 e. The first kappa shape index (κ1) is 17.0. The summed E-state index contributed by atoms with van der Waals surface area (Å²) in [5.41, 5.74) is 4.29. The van der Waals surface area contributed by atoms with E-state index in [2.05, 4.69) is 36.3 Å². The number of aryl methyl sites for hydroxylation is 1. The summed E-state index contributed by atoms with van der Waals surface area (Å²) in [6.45, 7) is 2.54. The Morgan fingerprint density at radius 2 is 1.80 bits per heavy atom. The first-order valence-corrected chi connectivity index (χ1v) is 8.39. The SMILES string of the molecule is Cc1ccccc1C(CC(=O)N(C)Cc1ccon1)c1ccccc1. The van der Waals surface area contributed by atoms with Gasteiger partial charge in [0.1, 0.15) is 12.0 Å². The Bertz CT molecular complexity index is 813. The Morgan fingerprint density at radius 1 is 1.08 bits per heavy atom. The molecule has 128 valence electrons. The molecule has 0 fully saturated rings. The molecular weight excluding hydrogens is 312 g/mol. The zero-order valence-corrected chi connectivity index (χ0v) is 14.6. The summed E-state index contributed by atoms with van der Waals surface area (Å²) >= 11 is 0. The molecule has 2 aromatic carbocycles. The fourth-order valence-electron chi connectivity index (χ4n) is 3.05. The van der Waals surface area contributed by atoms with Crippen LogP contribution in [0, 0.1) is 6.92 Å². The van der Waals surface area contributed by atoms with E-state index in [1.807, 2.05) is 30.3 Å². The number of hydrogen-bond acceptors (Lipinski definition) is 3. The number of amides is 1. The molecule has 25 heavy (non-hydrogen) atoms. The number of rotatable bonds is 6. The molecule has 0 N–H and O–H groups in total. The van der Waals surface area contributed by atoms with Gasteiger partial charge in [0, 0.05) is 25.5 Å². The highest BCUT2D eigenvalue weighted by atomic mass is 16.5. The van der Waals surface area contributed by atoms with Crippen molar-refractivity contribution in [3.63, 3.8) is 0 Å². The van der Waals surface area contributed by atoms with Gasteiger partial charge in [-0.15, -0.1) is 0 Å². The van der Waals surface area contributed by atoms with Gasteiger partial charge >= 0.3 is 0 Å². The molecule has 1 atom stereocenters. The third kappa shape index (κ3) is 4.15. The van der Waals surface area contributed by atoms with Crippen LogP contribution in [-0.4, -0.2) is 23.0 Å². The quantitative estimate of drug-likeness (QED) is 0.680. The third-order valence-electron chi connectivity index (χ3n) is 4.46. The number of benzene rings is 2. The second-order valence-electron chi connectivity index (χ2n) is 6.26. The fourth-order valence-corrected chi connectivity index (χ4v) is 3.05. The Labute approximate surface area is 148 Å². The van der Waals surface area contributed by atoms with E-state index in [0.717, 1.165) is 11.3 Å². The molecule has 3 rings (SSSR count). The lowest BCUT2D eigenvalue weighted by Gasteiger charge is -2.23.